The molecular weight excluding hydrogens is 228 g/mol. The average molecular weight is 239 g/mol. The van der Waals surface area contributed by atoms with E-state index in [4.69, 9.17) is 21.1 Å². The molecule has 2 aromatic rings. The fraction of sp³-hybridized carbons (Fsp3) is 0.167. The predicted octanol–water partition coefficient (Wildman–Crippen LogP) is 3.22. The van der Waals surface area contributed by atoms with Crippen molar-refractivity contribution in [2.45, 2.75) is 0 Å². The Morgan fingerprint density at radius 3 is 2.06 bits per heavy atom. The number of fused-ring (bicyclic) bond motifs is 1. The second kappa shape index (κ2) is 4.10. The number of hydrogen-bond acceptors (Lipinski definition) is 3. The Kier molecular flexibility index (Phi) is 2.79. The lowest BCUT2D eigenvalue weighted by atomic mass is 10.1. The van der Waals surface area contributed by atoms with Crippen LogP contribution in [0, 0.1) is 0 Å². The zero-order valence-electron chi connectivity index (χ0n) is 8.95. The van der Waals surface area contributed by atoms with Gasteiger partial charge in [0.1, 0.15) is 17.2 Å². The van der Waals surface area contributed by atoms with Crippen molar-refractivity contribution in [2.24, 2.45) is 0 Å². The molecule has 1 N–H and O–H groups in total. The fourth-order valence-electron chi connectivity index (χ4n) is 1.71. The molecule has 0 aliphatic heterocycles. The van der Waals surface area contributed by atoms with Gasteiger partial charge in [-0.15, -0.1) is 0 Å². The van der Waals surface area contributed by atoms with Gasteiger partial charge in [0.05, 0.1) is 24.6 Å². The van der Waals surface area contributed by atoms with Crippen molar-refractivity contribution in [2.75, 3.05) is 14.2 Å². The topological polar surface area (TPSA) is 38.7 Å². The lowest BCUT2D eigenvalue weighted by Gasteiger charge is -2.12. The van der Waals surface area contributed by atoms with Gasteiger partial charge in [-0.3, -0.25) is 0 Å². The van der Waals surface area contributed by atoms with Crippen LogP contribution in [0.25, 0.3) is 10.8 Å². The Balaban J connectivity index is 2.95. The quantitative estimate of drug-likeness (QED) is 0.873. The van der Waals surface area contributed by atoms with Gasteiger partial charge in [0.2, 0.25) is 0 Å². The number of hydrogen-bond donors (Lipinski definition) is 1. The lowest BCUT2D eigenvalue weighted by molar-refractivity contribution is 0.407. The molecule has 2 aromatic carbocycles. The number of rotatable bonds is 2. The van der Waals surface area contributed by atoms with Gasteiger partial charge in [-0.25, -0.2) is 0 Å². The number of benzene rings is 2. The summed E-state index contributed by atoms with van der Waals surface area (Å²) in [6.07, 6.45) is 0. The molecule has 0 saturated carbocycles. The molecule has 0 aromatic heterocycles. The molecule has 84 valence electrons. The Hall–Kier alpha value is -1.61. The summed E-state index contributed by atoms with van der Waals surface area (Å²) in [5.41, 5.74) is 0. The first kappa shape index (κ1) is 10.9. The number of aromatic hydroxyl groups is 1. The summed E-state index contributed by atoms with van der Waals surface area (Å²) in [4.78, 5) is 0. The van der Waals surface area contributed by atoms with E-state index in [9.17, 15) is 5.11 Å². The van der Waals surface area contributed by atoms with Gasteiger partial charge in [-0.1, -0.05) is 11.6 Å². The van der Waals surface area contributed by atoms with Crippen LogP contribution in [0.1, 0.15) is 0 Å². The molecule has 0 heterocycles. The van der Waals surface area contributed by atoms with E-state index in [-0.39, 0.29) is 5.75 Å². The lowest BCUT2D eigenvalue weighted by Crippen LogP contribution is -1.90. The highest BCUT2D eigenvalue weighted by Crippen LogP contribution is 2.42. The van der Waals surface area contributed by atoms with E-state index in [1.807, 2.05) is 0 Å². The fourth-order valence-corrected chi connectivity index (χ4v) is 1.97. The first-order valence-corrected chi connectivity index (χ1v) is 5.09. The summed E-state index contributed by atoms with van der Waals surface area (Å²) in [5, 5.41) is 11.6. The number of phenols is 1. The largest absolute Gasteiger partial charge is 0.507 e. The predicted molar refractivity (Wildman–Crippen MR) is 63.7 cm³/mol. The van der Waals surface area contributed by atoms with Crippen LogP contribution in [0.5, 0.6) is 17.2 Å². The van der Waals surface area contributed by atoms with Crippen LogP contribution in [0.3, 0.4) is 0 Å². The van der Waals surface area contributed by atoms with Crippen molar-refractivity contribution in [3.8, 4) is 17.2 Å². The maximum Gasteiger partial charge on any atom is 0.130 e. The Morgan fingerprint density at radius 2 is 1.50 bits per heavy atom. The third kappa shape index (κ3) is 1.53. The van der Waals surface area contributed by atoms with Crippen molar-refractivity contribution in [1.82, 2.24) is 0 Å². The minimum atomic E-state index is 0.121. The number of phenolic OH excluding ortho intramolecular Hbond substituents is 1. The van der Waals surface area contributed by atoms with Crippen LogP contribution in [0.4, 0.5) is 0 Å². The molecular formula is C12H11ClO3. The molecule has 0 atom stereocenters. The smallest absolute Gasteiger partial charge is 0.130 e. The van der Waals surface area contributed by atoms with Gasteiger partial charge < -0.3 is 14.6 Å². The van der Waals surface area contributed by atoms with Crippen molar-refractivity contribution in [1.29, 1.82) is 0 Å². The molecule has 0 aliphatic carbocycles. The van der Waals surface area contributed by atoms with Crippen molar-refractivity contribution >= 4 is 22.4 Å². The molecule has 16 heavy (non-hydrogen) atoms. The molecule has 3 nitrogen and oxygen atoms in total. The van der Waals surface area contributed by atoms with Crippen LogP contribution in [-0.2, 0) is 0 Å². The van der Waals surface area contributed by atoms with Crippen LogP contribution >= 0.6 is 11.6 Å². The van der Waals surface area contributed by atoms with Crippen LogP contribution in [0.2, 0.25) is 5.02 Å². The maximum atomic E-state index is 9.83. The minimum Gasteiger partial charge on any atom is -0.507 e. The standard InChI is InChI=1S/C12H11ClO3/c1-15-9-5-6-10(16-2)12-8(14)4-3-7(13)11(9)12/h3-6,14H,1-2H3. The van der Waals surface area contributed by atoms with Gasteiger partial charge in [-0.05, 0) is 24.3 Å². The van der Waals surface area contributed by atoms with Gasteiger partial charge >= 0.3 is 0 Å². The molecule has 0 bridgehead atoms. The molecule has 2 rings (SSSR count). The van der Waals surface area contributed by atoms with Crippen molar-refractivity contribution in [3.05, 3.63) is 29.3 Å². The number of methoxy groups -OCH3 is 2. The summed E-state index contributed by atoms with van der Waals surface area (Å²) in [6.45, 7) is 0. The first-order chi connectivity index (χ1) is 7.69. The Bertz CT molecular complexity index is 489. The SMILES string of the molecule is COc1ccc(OC)c2c(Cl)ccc(O)c12. The highest BCUT2D eigenvalue weighted by atomic mass is 35.5. The zero-order chi connectivity index (χ0) is 11.7. The summed E-state index contributed by atoms with van der Waals surface area (Å²) in [6, 6.07) is 6.65. The van der Waals surface area contributed by atoms with E-state index >= 15 is 0 Å². The van der Waals surface area contributed by atoms with Gasteiger partial charge in [0, 0.05) is 5.39 Å². The second-order valence-corrected chi connectivity index (χ2v) is 3.69. The van der Waals surface area contributed by atoms with Crippen molar-refractivity contribution < 1.29 is 14.6 Å². The molecule has 0 aliphatic rings. The molecule has 0 unspecified atom stereocenters. The van der Waals surface area contributed by atoms with E-state index in [0.717, 1.165) is 0 Å². The minimum absolute atomic E-state index is 0.121. The monoisotopic (exact) mass is 238 g/mol. The highest BCUT2D eigenvalue weighted by Gasteiger charge is 2.13. The van der Waals surface area contributed by atoms with E-state index in [2.05, 4.69) is 0 Å². The van der Waals surface area contributed by atoms with E-state index in [1.54, 1.807) is 32.4 Å². The average Bonchev–Trinajstić information content (AvgIpc) is 2.32. The summed E-state index contributed by atoms with van der Waals surface area (Å²) in [5.74, 6) is 1.29. The molecule has 0 saturated heterocycles. The molecule has 4 heteroatoms. The van der Waals surface area contributed by atoms with Crippen LogP contribution in [0.15, 0.2) is 24.3 Å². The maximum absolute atomic E-state index is 9.83. The second-order valence-electron chi connectivity index (χ2n) is 3.29. The number of ether oxygens (including phenoxy) is 2. The highest BCUT2D eigenvalue weighted by molar-refractivity contribution is 6.36. The number of halogens is 1. The van der Waals surface area contributed by atoms with E-state index in [0.29, 0.717) is 27.3 Å². The Morgan fingerprint density at radius 1 is 0.938 bits per heavy atom. The third-order valence-electron chi connectivity index (χ3n) is 2.45. The van der Waals surface area contributed by atoms with E-state index < -0.39 is 0 Å². The third-order valence-corrected chi connectivity index (χ3v) is 2.77. The molecule has 0 fully saturated rings. The van der Waals surface area contributed by atoms with E-state index in [1.165, 1.54) is 6.07 Å². The van der Waals surface area contributed by atoms with Gasteiger partial charge in [0.15, 0.2) is 0 Å². The molecule has 0 radical (unpaired) electrons. The normalized spacial score (nSPS) is 10.4. The molecule has 0 amide bonds. The van der Waals surface area contributed by atoms with Gasteiger partial charge in [-0.2, -0.15) is 0 Å². The molecule has 0 spiro atoms. The zero-order valence-corrected chi connectivity index (χ0v) is 9.71. The summed E-state index contributed by atoms with van der Waals surface area (Å²) >= 11 is 6.10. The summed E-state index contributed by atoms with van der Waals surface area (Å²) < 4.78 is 10.4. The summed E-state index contributed by atoms with van der Waals surface area (Å²) in [7, 11) is 3.10. The van der Waals surface area contributed by atoms with Crippen molar-refractivity contribution in [3.63, 3.8) is 0 Å². The first-order valence-electron chi connectivity index (χ1n) is 4.71. The Labute approximate surface area is 98.2 Å². The van der Waals surface area contributed by atoms with Crippen LogP contribution < -0.4 is 9.47 Å². The van der Waals surface area contributed by atoms with Crippen LogP contribution in [-0.4, -0.2) is 19.3 Å². The van der Waals surface area contributed by atoms with Gasteiger partial charge in [0.25, 0.3) is 0 Å².